The quantitative estimate of drug-likeness (QED) is 0.753. The number of aromatic nitrogens is 2. The van der Waals surface area contributed by atoms with Crippen molar-refractivity contribution in [3.63, 3.8) is 0 Å². The number of carbonyl (C=O) groups is 1. The van der Waals surface area contributed by atoms with E-state index in [9.17, 15) is 4.79 Å². The standard InChI is InChI=1S/C20H20N4O3/c1-26-16-11-9-15(10-12-16)21-20(25)24-13-5-8-17(24)19-22-18(23-27-19)14-6-3-2-4-7-14/h2-4,6-7,9-12,17H,5,8,13H2,1H3,(H,21,25)/t17-/m1/s1. The molecule has 27 heavy (non-hydrogen) atoms. The summed E-state index contributed by atoms with van der Waals surface area (Å²) in [6.07, 6.45) is 1.69. The topological polar surface area (TPSA) is 80.5 Å². The molecule has 2 aromatic carbocycles. The van der Waals surface area contributed by atoms with E-state index in [0.29, 0.717) is 23.9 Å². The lowest BCUT2D eigenvalue weighted by Crippen LogP contribution is -2.34. The maximum atomic E-state index is 12.7. The molecule has 0 unspecified atom stereocenters. The van der Waals surface area contributed by atoms with Gasteiger partial charge in [0.2, 0.25) is 11.7 Å². The van der Waals surface area contributed by atoms with Crippen molar-refractivity contribution in [1.29, 1.82) is 0 Å². The fraction of sp³-hybridized carbons (Fsp3) is 0.250. The number of nitrogens with zero attached hydrogens (tertiary/aromatic N) is 3. The fourth-order valence-electron chi connectivity index (χ4n) is 3.21. The Morgan fingerprint density at radius 2 is 1.96 bits per heavy atom. The van der Waals surface area contributed by atoms with Crippen LogP contribution in [0.5, 0.6) is 5.75 Å². The summed E-state index contributed by atoms with van der Waals surface area (Å²) in [5.41, 5.74) is 1.60. The molecular formula is C20H20N4O3. The number of anilines is 1. The predicted octanol–water partition coefficient (Wildman–Crippen LogP) is 4.11. The van der Waals surface area contributed by atoms with Gasteiger partial charge >= 0.3 is 6.03 Å². The van der Waals surface area contributed by atoms with Crippen LogP contribution < -0.4 is 10.1 Å². The molecule has 4 rings (SSSR count). The first kappa shape index (κ1) is 17.1. The van der Waals surface area contributed by atoms with Crippen molar-refractivity contribution in [2.75, 3.05) is 19.0 Å². The number of hydrogen-bond acceptors (Lipinski definition) is 5. The predicted molar refractivity (Wildman–Crippen MR) is 100 cm³/mol. The molecule has 1 fully saturated rings. The SMILES string of the molecule is COc1ccc(NC(=O)N2CCC[C@@H]2c2nc(-c3ccccc3)no2)cc1. The second-order valence-electron chi connectivity index (χ2n) is 6.33. The number of carbonyl (C=O) groups excluding carboxylic acids is 1. The molecule has 0 aliphatic carbocycles. The lowest BCUT2D eigenvalue weighted by molar-refractivity contribution is 0.193. The van der Waals surface area contributed by atoms with Crippen molar-refractivity contribution in [3.8, 4) is 17.1 Å². The van der Waals surface area contributed by atoms with Gasteiger partial charge in [-0.3, -0.25) is 0 Å². The maximum absolute atomic E-state index is 12.7. The van der Waals surface area contributed by atoms with E-state index >= 15 is 0 Å². The Kier molecular flexibility index (Phi) is 4.74. The highest BCUT2D eigenvalue weighted by atomic mass is 16.5. The third kappa shape index (κ3) is 3.62. The van der Waals surface area contributed by atoms with Gasteiger partial charge in [0.05, 0.1) is 7.11 Å². The van der Waals surface area contributed by atoms with Crippen LogP contribution in [0.2, 0.25) is 0 Å². The van der Waals surface area contributed by atoms with Crippen molar-refractivity contribution >= 4 is 11.7 Å². The molecule has 7 nitrogen and oxygen atoms in total. The Morgan fingerprint density at radius 1 is 1.19 bits per heavy atom. The Balaban J connectivity index is 1.48. The Labute approximate surface area is 156 Å². The van der Waals surface area contributed by atoms with E-state index in [-0.39, 0.29) is 12.1 Å². The summed E-state index contributed by atoms with van der Waals surface area (Å²) in [5.74, 6) is 1.75. The van der Waals surface area contributed by atoms with Gasteiger partial charge in [-0.2, -0.15) is 4.98 Å². The number of methoxy groups -OCH3 is 1. The second-order valence-corrected chi connectivity index (χ2v) is 6.33. The number of rotatable bonds is 4. The number of nitrogens with one attached hydrogen (secondary N) is 1. The van der Waals surface area contributed by atoms with Crippen LogP contribution in [0.4, 0.5) is 10.5 Å². The lowest BCUT2D eigenvalue weighted by atomic mass is 10.2. The van der Waals surface area contributed by atoms with Gasteiger partial charge in [-0.1, -0.05) is 35.5 Å². The molecule has 0 spiro atoms. The van der Waals surface area contributed by atoms with Crippen LogP contribution in [0, 0.1) is 0 Å². The van der Waals surface area contributed by atoms with Crippen LogP contribution in [0.25, 0.3) is 11.4 Å². The van der Waals surface area contributed by atoms with Crippen molar-refractivity contribution in [3.05, 3.63) is 60.5 Å². The summed E-state index contributed by atoms with van der Waals surface area (Å²) < 4.78 is 10.6. The molecule has 0 saturated carbocycles. The minimum atomic E-state index is -0.215. The summed E-state index contributed by atoms with van der Waals surface area (Å²) in [4.78, 5) is 19.0. The van der Waals surface area contributed by atoms with E-state index in [1.807, 2.05) is 42.5 Å². The maximum Gasteiger partial charge on any atom is 0.322 e. The van der Waals surface area contributed by atoms with Crippen molar-refractivity contribution < 1.29 is 14.1 Å². The molecule has 2 heterocycles. The summed E-state index contributed by atoms with van der Waals surface area (Å²) in [6, 6.07) is 16.5. The van der Waals surface area contributed by atoms with Gasteiger partial charge in [0, 0.05) is 17.8 Å². The van der Waals surface area contributed by atoms with E-state index in [4.69, 9.17) is 9.26 Å². The zero-order valence-electron chi connectivity index (χ0n) is 15.0. The zero-order chi connectivity index (χ0) is 18.6. The van der Waals surface area contributed by atoms with Gasteiger partial charge in [-0.15, -0.1) is 0 Å². The zero-order valence-corrected chi connectivity index (χ0v) is 15.0. The van der Waals surface area contributed by atoms with Gasteiger partial charge in [-0.05, 0) is 37.1 Å². The van der Waals surface area contributed by atoms with E-state index in [0.717, 1.165) is 24.2 Å². The van der Waals surface area contributed by atoms with Crippen molar-refractivity contribution in [1.82, 2.24) is 15.0 Å². The molecule has 1 aromatic heterocycles. The molecule has 1 saturated heterocycles. The highest BCUT2D eigenvalue weighted by molar-refractivity contribution is 5.89. The summed E-state index contributed by atoms with van der Waals surface area (Å²) in [6.45, 7) is 0.649. The number of urea groups is 1. The van der Waals surface area contributed by atoms with Crippen LogP contribution >= 0.6 is 0 Å². The van der Waals surface area contributed by atoms with Gasteiger partial charge < -0.3 is 19.5 Å². The highest BCUT2D eigenvalue weighted by Crippen LogP contribution is 2.32. The van der Waals surface area contributed by atoms with E-state index in [1.54, 1.807) is 24.1 Å². The Bertz CT molecular complexity index is 908. The molecule has 1 atom stereocenters. The Morgan fingerprint density at radius 3 is 2.70 bits per heavy atom. The van der Waals surface area contributed by atoms with Crippen LogP contribution in [-0.4, -0.2) is 34.7 Å². The number of amides is 2. The summed E-state index contributed by atoms with van der Waals surface area (Å²) >= 11 is 0. The van der Waals surface area contributed by atoms with E-state index in [1.165, 1.54) is 0 Å². The fourth-order valence-corrected chi connectivity index (χ4v) is 3.21. The molecule has 3 aromatic rings. The van der Waals surface area contributed by atoms with Crippen molar-refractivity contribution in [2.24, 2.45) is 0 Å². The number of benzene rings is 2. The smallest absolute Gasteiger partial charge is 0.322 e. The average Bonchev–Trinajstić information content (AvgIpc) is 3.38. The molecule has 1 N–H and O–H groups in total. The molecule has 0 bridgehead atoms. The first-order valence-electron chi connectivity index (χ1n) is 8.85. The van der Waals surface area contributed by atoms with Gasteiger partial charge in [0.15, 0.2) is 0 Å². The summed E-state index contributed by atoms with van der Waals surface area (Å²) in [7, 11) is 1.61. The largest absolute Gasteiger partial charge is 0.497 e. The average molecular weight is 364 g/mol. The van der Waals surface area contributed by atoms with Crippen LogP contribution in [0.15, 0.2) is 59.1 Å². The van der Waals surface area contributed by atoms with Gasteiger partial charge in [-0.25, -0.2) is 4.79 Å². The second kappa shape index (κ2) is 7.49. The van der Waals surface area contributed by atoms with Crippen LogP contribution in [0.3, 0.4) is 0 Å². The van der Waals surface area contributed by atoms with E-state index < -0.39 is 0 Å². The Hall–Kier alpha value is -3.35. The third-order valence-electron chi connectivity index (χ3n) is 4.61. The monoisotopic (exact) mass is 364 g/mol. The van der Waals surface area contributed by atoms with E-state index in [2.05, 4.69) is 15.5 Å². The molecule has 1 aliphatic rings. The van der Waals surface area contributed by atoms with Crippen molar-refractivity contribution in [2.45, 2.75) is 18.9 Å². The number of likely N-dealkylation sites (tertiary alicyclic amines) is 1. The normalized spacial score (nSPS) is 16.3. The van der Waals surface area contributed by atoms with Gasteiger partial charge in [0.1, 0.15) is 11.8 Å². The highest BCUT2D eigenvalue weighted by Gasteiger charge is 2.34. The molecule has 7 heteroatoms. The summed E-state index contributed by atoms with van der Waals surface area (Å²) in [5, 5.41) is 6.98. The van der Waals surface area contributed by atoms with Crippen LogP contribution in [0.1, 0.15) is 24.8 Å². The number of hydrogen-bond donors (Lipinski definition) is 1. The molecule has 0 radical (unpaired) electrons. The number of ether oxygens (including phenoxy) is 1. The lowest BCUT2D eigenvalue weighted by Gasteiger charge is -2.22. The first-order valence-corrected chi connectivity index (χ1v) is 8.85. The minimum Gasteiger partial charge on any atom is -0.497 e. The minimum absolute atomic E-state index is 0.179. The molecule has 2 amide bonds. The van der Waals surface area contributed by atoms with Crippen LogP contribution in [-0.2, 0) is 0 Å². The molecule has 1 aliphatic heterocycles. The van der Waals surface area contributed by atoms with Gasteiger partial charge in [0.25, 0.3) is 0 Å². The third-order valence-corrected chi connectivity index (χ3v) is 4.61. The first-order chi connectivity index (χ1) is 13.2. The molecule has 138 valence electrons. The molecular weight excluding hydrogens is 344 g/mol.